The summed E-state index contributed by atoms with van der Waals surface area (Å²) in [4.78, 5) is 15.0. The molecule has 0 amide bonds. The van der Waals surface area contributed by atoms with Gasteiger partial charge >= 0.3 is 0 Å². The average Bonchev–Trinajstić information content (AvgIpc) is 2.59. The predicted octanol–water partition coefficient (Wildman–Crippen LogP) is 3.53. The number of halogens is 1. The van der Waals surface area contributed by atoms with E-state index >= 15 is 0 Å². The van der Waals surface area contributed by atoms with Crippen LogP contribution in [0.25, 0.3) is 11.1 Å². The van der Waals surface area contributed by atoms with Gasteiger partial charge < -0.3 is 4.42 Å². The number of hydrogen-bond donors (Lipinski definition) is 0. The average molecular weight is 268 g/mol. The third-order valence-electron chi connectivity index (χ3n) is 2.14. The first kappa shape index (κ1) is 10.4. The van der Waals surface area contributed by atoms with E-state index in [9.17, 15) is 4.79 Å². The molecule has 0 saturated heterocycles. The number of fused-ring (bicyclic) bond motifs is 1. The monoisotopic (exact) mass is 267 g/mol. The van der Waals surface area contributed by atoms with Crippen molar-refractivity contribution in [3.05, 3.63) is 28.1 Å². The Hall–Kier alpha value is -1.16. The van der Waals surface area contributed by atoms with Gasteiger partial charge in [0.1, 0.15) is 5.52 Å². The predicted molar refractivity (Wildman–Crippen MR) is 61.2 cm³/mol. The number of aromatic nitrogens is 1. The fourth-order valence-electron chi connectivity index (χ4n) is 1.32. The van der Waals surface area contributed by atoms with E-state index in [4.69, 9.17) is 4.42 Å². The third kappa shape index (κ3) is 1.81. The number of hydrogen-bond acceptors (Lipinski definition) is 3. The van der Waals surface area contributed by atoms with Crippen molar-refractivity contribution in [1.29, 1.82) is 0 Å². The quantitative estimate of drug-likeness (QED) is 0.782. The Balaban J connectivity index is 2.66. The van der Waals surface area contributed by atoms with Crippen LogP contribution in [0.3, 0.4) is 0 Å². The largest absolute Gasteiger partial charge is 0.440 e. The molecule has 1 heterocycles. The first-order chi connectivity index (χ1) is 7.11. The molecule has 0 radical (unpaired) electrons. The number of benzene rings is 1. The molecule has 15 heavy (non-hydrogen) atoms. The summed E-state index contributed by atoms with van der Waals surface area (Å²) in [6, 6.07) is 3.50. The van der Waals surface area contributed by atoms with Crippen LogP contribution < -0.4 is 0 Å². The Morgan fingerprint density at radius 3 is 2.80 bits per heavy atom. The first-order valence-electron chi connectivity index (χ1n) is 4.67. The maximum atomic E-state index is 10.7. The van der Waals surface area contributed by atoms with Crippen molar-refractivity contribution in [3.63, 3.8) is 0 Å². The molecule has 0 saturated carbocycles. The Bertz CT molecular complexity index is 517. The zero-order chi connectivity index (χ0) is 11.0. The molecule has 0 fully saturated rings. The molecule has 0 N–H and O–H groups in total. The lowest BCUT2D eigenvalue weighted by Gasteiger charge is -1.94. The molecule has 2 aromatic rings. The van der Waals surface area contributed by atoms with Crippen LogP contribution in [0.5, 0.6) is 0 Å². The van der Waals surface area contributed by atoms with Gasteiger partial charge in [0.05, 0.1) is 0 Å². The Labute approximate surface area is 95.6 Å². The van der Waals surface area contributed by atoms with E-state index in [1.807, 2.05) is 13.8 Å². The van der Waals surface area contributed by atoms with Gasteiger partial charge in [-0.25, -0.2) is 4.98 Å². The van der Waals surface area contributed by atoms with E-state index < -0.39 is 0 Å². The van der Waals surface area contributed by atoms with Crippen molar-refractivity contribution in [1.82, 2.24) is 4.98 Å². The van der Waals surface area contributed by atoms with E-state index in [1.165, 1.54) is 0 Å². The number of rotatable bonds is 2. The van der Waals surface area contributed by atoms with Crippen molar-refractivity contribution < 1.29 is 9.21 Å². The molecule has 2 rings (SSSR count). The SMILES string of the molecule is CC(C)c1nc2cc(C=O)c(Br)cc2o1. The minimum absolute atomic E-state index is 0.246. The fourth-order valence-corrected chi connectivity index (χ4v) is 1.74. The molecule has 1 aromatic carbocycles. The molecule has 0 aliphatic carbocycles. The lowest BCUT2D eigenvalue weighted by Crippen LogP contribution is -1.85. The third-order valence-corrected chi connectivity index (χ3v) is 2.83. The summed E-state index contributed by atoms with van der Waals surface area (Å²) in [5.74, 6) is 0.941. The van der Waals surface area contributed by atoms with E-state index in [0.717, 1.165) is 16.3 Å². The van der Waals surface area contributed by atoms with Gasteiger partial charge in [-0.3, -0.25) is 4.79 Å². The smallest absolute Gasteiger partial charge is 0.198 e. The lowest BCUT2D eigenvalue weighted by molar-refractivity contribution is 0.112. The Kier molecular flexibility index (Phi) is 2.61. The van der Waals surface area contributed by atoms with Crippen LogP contribution in [-0.4, -0.2) is 11.3 Å². The Morgan fingerprint density at radius 1 is 1.47 bits per heavy atom. The fraction of sp³-hybridized carbons (Fsp3) is 0.273. The molecular weight excluding hydrogens is 258 g/mol. The molecule has 0 bridgehead atoms. The van der Waals surface area contributed by atoms with Crippen LogP contribution in [0.1, 0.15) is 36.0 Å². The molecule has 1 aromatic heterocycles. The van der Waals surface area contributed by atoms with Crippen LogP contribution >= 0.6 is 15.9 Å². The van der Waals surface area contributed by atoms with Gasteiger partial charge in [0.2, 0.25) is 0 Å². The maximum absolute atomic E-state index is 10.7. The molecule has 0 unspecified atom stereocenters. The normalized spacial score (nSPS) is 11.2. The van der Waals surface area contributed by atoms with Gasteiger partial charge in [-0.1, -0.05) is 13.8 Å². The molecule has 4 heteroatoms. The Morgan fingerprint density at radius 2 is 2.20 bits per heavy atom. The second-order valence-electron chi connectivity index (χ2n) is 3.67. The van der Waals surface area contributed by atoms with Crippen molar-refractivity contribution >= 4 is 33.3 Å². The number of oxazole rings is 1. The highest BCUT2D eigenvalue weighted by atomic mass is 79.9. The summed E-state index contributed by atoms with van der Waals surface area (Å²) in [5, 5.41) is 0. The zero-order valence-electron chi connectivity index (χ0n) is 8.45. The van der Waals surface area contributed by atoms with Crippen molar-refractivity contribution in [3.8, 4) is 0 Å². The van der Waals surface area contributed by atoms with Crippen LogP contribution in [0, 0.1) is 0 Å². The van der Waals surface area contributed by atoms with E-state index in [-0.39, 0.29) is 5.92 Å². The standard InChI is InChI=1S/C11H10BrNO2/c1-6(2)11-13-9-3-7(5-14)8(12)4-10(9)15-11/h3-6H,1-2H3. The molecular formula is C11H10BrNO2. The summed E-state index contributed by atoms with van der Waals surface area (Å²) >= 11 is 3.30. The van der Waals surface area contributed by atoms with Gasteiger partial charge in [0.15, 0.2) is 17.8 Å². The summed E-state index contributed by atoms with van der Waals surface area (Å²) < 4.78 is 6.29. The van der Waals surface area contributed by atoms with Gasteiger partial charge in [-0.15, -0.1) is 0 Å². The van der Waals surface area contributed by atoms with Crippen LogP contribution in [0.4, 0.5) is 0 Å². The maximum Gasteiger partial charge on any atom is 0.198 e. The van der Waals surface area contributed by atoms with Crippen LogP contribution in [-0.2, 0) is 0 Å². The summed E-state index contributed by atoms with van der Waals surface area (Å²) in [6.45, 7) is 4.03. The van der Waals surface area contributed by atoms with Crippen molar-refractivity contribution in [2.75, 3.05) is 0 Å². The van der Waals surface area contributed by atoms with E-state index in [1.54, 1.807) is 12.1 Å². The molecule has 0 aliphatic heterocycles. The molecule has 0 atom stereocenters. The van der Waals surface area contributed by atoms with E-state index in [2.05, 4.69) is 20.9 Å². The highest BCUT2D eigenvalue weighted by Crippen LogP contribution is 2.26. The summed E-state index contributed by atoms with van der Waals surface area (Å²) in [6.07, 6.45) is 0.799. The molecule has 78 valence electrons. The molecule has 3 nitrogen and oxygen atoms in total. The van der Waals surface area contributed by atoms with Crippen LogP contribution in [0.2, 0.25) is 0 Å². The highest BCUT2D eigenvalue weighted by molar-refractivity contribution is 9.10. The number of aldehydes is 1. The summed E-state index contributed by atoms with van der Waals surface area (Å²) in [7, 11) is 0. The molecule has 0 aliphatic rings. The molecule has 0 spiro atoms. The topological polar surface area (TPSA) is 43.1 Å². The second kappa shape index (κ2) is 3.77. The van der Waals surface area contributed by atoms with Crippen molar-refractivity contribution in [2.24, 2.45) is 0 Å². The van der Waals surface area contributed by atoms with Gasteiger partial charge in [0.25, 0.3) is 0 Å². The number of nitrogens with zero attached hydrogens (tertiary/aromatic N) is 1. The number of carbonyl (C=O) groups is 1. The summed E-state index contributed by atoms with van der Waals surface area (Å²) in [5.41, 5.74) is 2.02. The van der Waals surface area contributed by atoms with Crippen molar-refractivity contribution in [2.45, 2.75) is 19.8 Å². The van der Waals surface area contributed by atoms with Crippen LogP contribution in [0.15, 0.2) is 21.0 Å². The minimum Gasteiger partial charge on any atom is -0.440 e. The second-order valence-corrected chi connectivity index (χ2v) is 4.52. The highest BCUT2D eigenvalue weighted by Gasteiger charge is 2.11. The zero-order valence-corrected chi connectivity index (χ0v) is 10.0. The van der Waals surface area contributed by atoms with E-state index in [0.29, 0.717) is 17.0 Å². The number of carbonyl (C=O) groups excluding carboxylic acids is 1. The van der Waals surface area contributed by atoms with Gasteiger partial charge in [-0.2, -0.15) is 0 Å². The van der Waals surface area contributed by atoms with Gasteiger partial charge in [0, 0.05) is 16.0 Å². The minimum atomic E-state index is 0.246. The lowest BCUT2D eigenvalue weighted by atomic mass is 10.2. The first-order valence-corrected chi connectivity index (χ1v) is 5.46. The van der Waals surface area contributed by atoms with Gasteiger partial charge in [-0.05, 0) is 28.1 Å².